The normalized spacial score (nSPS) is 11.4. The average molecular weight is 585 g/mol. The molecule has 6 nitrogen and oxygen atoms in total. The number of methoxy groups -OCH3 is 1. The van der Waals surface area contributed by atoms with Crippen molar-refractivity contribution in [3.8, 4) is 23.0 Å². The van der Waals surface area contributed by atoms with Crippen molar-refractivity contribution >= 4 is 44.6 Å². The van der Waals surface area contributed by atoms with Crippen molar-refractivity contribution in [1.29, 1.82) is 0 Å². The molecule has 0 aliphatic carbocycles. The van der Waals surface area contributed by atoms with Gasteiger partial charge < -0.3 is 13.7 Å². The smallest absolute Gasteiger partial charge is 0.339 e. The Morgan fingerprint density at radius 1 is 0.824 bits per heavy atom. The molecule has 4 aromatic carbocycles. The summed E-state index contributed by atoms with van der Waals surface area (Å²) < 4.78 is 42.5. The van der Waals surface area contributed by atoms with E-state index >= 15 is 0 Å². The van der Waals surface area contributed by atoms with Gasteiger partial charge in [-0.05, 0) is 88.8 Å². The molecule has 0 saturated carbocycles. The van der Waals surface area contributed by atoms with E-state index in [0.29, 0.717) is 15.1 Å². The quantitative estimate of drug-likeness (QED) is 0.132. The van der Waals surface area contributed by atoms with Crippen LogP contribution in [0.3, 0.4) is 0 Å². The maximum absolute atomic E-state index is 12.6. The Morgan fingerprint density at radius 3 is 2.09 bits per heavy atom. The molecule has 4 aromatic rings. The van der Waals surface area contributed by atoms with Gasteiger partial charge >= 0.3 is 10.1 Å². The summed E-state index contributed by atoms with van der Waals surface area (Å²) in [6.45, 7) is 0. The Kier molecular flexibility index (Phi) is 7.49. The minimum atomic E-state index is -3.99. The first-order valence-corrected chi connectivity index (χ1v) is 12.7. The highest BCUT2D eigenvalue weighted by Gasteiger charge is 2.21. The number of nitrogens with zero attached hydrogens (tertiary/aromatic N) is 1. The third-order valence-electron chi connectivity index (χ3n) is 4.66. The van der Waals surface area contributed by atoms with Crippen LogP contribution in [0, 0.1) is 3.57 Å². The fourth-order valence-corrected chi connectivity index (χ4v) is 4.88. The molecule has 4 rings (SSSR count). The molecule has 0 aromatic heterocycles. The molecule has 34 heavy (non-hydrogen) atoms. The van der Waals surface area contributed by atoms with Crippen molar-refractivity contribution in [2.24, 2.45) is 4.99 Å². The van der Waals surface area contributed by atoms with Gasteiger partial charge in [0.2, 0.25) is 0 Å². The third kappa shape index (κ3) is 5.95. The van der Waals surface area contributed by atoms with Crippen molar-refractivity contribution < 1.29 is 22.1 Å². The summed E-state index contributed by atoms with van der Waals surface area (Å²) in [6, 6.07) is 28.3. The van der Waals surface area contributed by atoms with E-state index in [1.54, 1.807) is 36.5 Å². The number of benzene rings is 4. The summed E-state index contributed by atoms with van der Waals surface area (Å²) in [5.41, 5.74) is 1.47. The average Bonchev–Trinajstić information content (AvgIpc) is 2.86. The van der Waals surface area contributed by atoms with Crippen LogP contribution >= 0.6 is 22.6 Å². The van der Waals surface area contributed by atoms with Gasteiger partial charge in [-0.2, -0.15) is 8.42 Å². The zero-order valence-corrected chi connectivity index (χ0v) is 21.1. The second kappa shape index (κ2) is 10.7. The summed E-state index contributed by atoms with van der Waals surface area (Å²) in [5.74, 6) is 1.89. The Labute approximate surface area is 212 Å². The van der Waals surface area contributed by atoms with Gasteiger partial charge in [-0.3, -0.25) is 4.99 Å². The monoisotopic (exact) mass is 585 g/mol. The first-order chi connectivity index (χ1) is 16.4. The molecule has 0 spiro atoms. The van der Waals surface area contributed by atoms with Crippen LogP contribution in [-0.4, -0.2) is 21.7 Å². The highest BCUT2D eigenvalue weighted by molar-refractivity contribution is 14.1. The second-order valence-electron chi connectivity index (χ2n) is 7.05. The van der Waals surface area contributed by atoms with Crippen LogP contribution in [-0.2, 0) is 10.1 Å². The lowest BCUT2D eigenvalue weighted by atomic mass is 10.2. The van der Waals surface area contributed by atoms with E-state index in [2.05, 4.69) is 4.99 Å². The number of para-hydroxylation sites is 1. The lowest BCUT2D eigenvalue weighted by Crippen LogP contribution is -2.11. The molecular formula is C26H20INO5S. The van der Waals surface area contributed by atoms with Crippen LogP contribution in [0.2, 0.25) is 0 Å². The maximum atomic E-state index is 12.6. The van der Waals surface area contributed by atoms with E-state index in [-0.39, 0.29) is 10.6 Å². The van der Waals surface area contributed by atoms with Crippen molar-refractivity contribution in [3.05, 3.63) is 106 Å². The molecule has 8 heteroatoms. The zero-order valence-electron chi connectivity index (χ0n) is 18.1. The van der Waals surface area contributed by atoms with Gasteiger partial charge in [-0.1, -0.05) is 36.4 Å². The molecule has 0 amide bonds. The van der Waals surface area contributed by atoms with Crippen LogP contribution in [0.1, 0.15) is 5.56 Å². The second-order valence-corrected chi connectivity index (χ2v) is 9.76. The van der Waals surface area contributed by atoms with Crippen LogP contribution in [0.15, 0.2) is 107 Å². The molecule has 0 bridgehead atoms. The molecule has 0 atom stereocenters. The summed E-state index contributed by atoms with van der Waals surface area (Å²) >= 11 is 2.02. The van der Waals surface area contributed by atoms with Gasteiger partial charge in [0.15, 0.2) is 11.5 Å². The summed E-state index contributed by atoms with van der Waals surface area (Å²) in [7, 11) is -2.54. The van der Waals surface area contributed by atoms with Crippen LogP contribution in [0.25, 0.3) is 0 Å². The summed E-state index contributed by atoms with van der Waals surface area (Å²) in [6.07, 6.45) is 1.67. The Hall–Kier alpha value is -3.37. The largest absolute Gasteiger partial charge is 0.493 e. The van der Waals surface area contributed by atoms with E-state index in [1.807, 2.05) is 77.2 Å². The number of aliphatic imine (C=N–C) groups is 1. The number of halogens is 1. The predicted molar refractivity (Wildman–Crippen MR) is 140 cm³/mol. The third-order valence-corrected chi connectivity index (χ3v) is 6.69. The molecule has 172 valence electrons. The van der Waals surface area contributed by atoms with Gasteiger partial charge in [-0.25, -0.2) is 0 Å². The van der Waals surface area contributed by atoms with Crippen molar-refractivity contribution in [2.75, 3.05) is 7.11 Å². The molecule has 0 unspecified atom stereocenters. The Bertz CT molecular complexity index is 1390. The first-order valence-electron chi connectivity index (χ1n) is 10.2. The first kappa shape index (κ1) is 23.8. The summed E-state index contributed by atoms with van der Waals surface area (Å²) in [5, 5.41) is 0. The lowest BCUT2D eigenvalue weighted by molar-refractivity contribution is 0.389. The van der Waals surface area contributed by atoms with Crippen molar-refractivity contribution in [2.45, 2.75) is 4.90 Å². The van der Waals surface area contributed by atoms with Crippen LogP contribution < -0.4 is 13.7 Å². The minimum absolute atomic E-state index is 0.0678. The molecule has 0 aliphatic heterocycles. The predicted octanol–water partition coefficient (Wildman–Crippen LogP) is 6.61. The van der Waals surface area contributed by atoms with Gasteiger partial charge in [0.25, 0.3) is 0 Å². The van der Waals surface area contributed by atoms with E-state index in [0.717, 1.165) is 17.0 Å². The molecule has 0 fully saturated rings. The fourth-order valence-electron chi connectivity index (χ4n) is 3.01. The molecular weight excluding hydrogens is 565 g/mol. The van der Waals surface area contributed by atoms with E-state index < -0.39 is 10.1 Å². The molecule has 0 N–H and O–H groups in total. The maximum Gasteiger partial charge on any atom is 0.339 e. The SMILES string of the molecule is COc1cc(C=Nc2ccc(Oc3ccccc3)cc2)cc(I)c1OS(=O)(=O)c1ccccc1. The zero-order chi connectivity index (χ0) is 24.0. The van der Waals surface area contributed by atoms with Gasteiger partial charge in [-0.15, -0.1) is 0 Å². The highest BCUT2D eigenvalue weighted by atomic mass is 127. The number of hydrogen-bond acceptors (Lipinski definition) is 6. The number of ether oxygens (including phenoxy) is 2. The van der Waals surface area contributed by atoms with Gasteiger partial charge in [0.1, 0.15) is 16.4 Å². The van der Waals surface area contributed by atoms with E-state index in [9.17, 15) is 8.42 Å². The van der Waals surface area contributed by atoms with Crippen molar-refractivity contribution in [1.82, 2.24) is 0 Å². The number of hydrogen-bond donors (Lipinski definition) is 0. The van der Waals surface area contributed by atoms with Crippen molar-refractivity contribution in [3.63, 3.8) is 0 Å². The fraction of sp³-hybridized carbons (Fsp3) is 0.0385. The molecule has 0 saturated heterocycles. The van der Waals surface area contributed by atoms with Crippen LogP contribution in [0.5, 0.6) is 23.0 Å². The Morgan fingerprint density at radius 2 is 1.44 bits per heavy atom. The minimum Gasteiger partial charge on any atom is -0.493 e. The topological polar surface area (TPSA) is 74.2 Å². The molecule has 0 aliphatic rings. The summed E-state index contributed by atoms with van der Waals surface area (Å²) in [4.78, 5) is 4.56. The number of rotatable bonds is 8. The standard InChI is InChI=1S/C26H20INO5S/c1-31-25-17-19(16-24(27)26(25)33-34(29,30)23-10-6-3-7-11-23)18-28-20-12-14-22(15-13-20)32-21-8-4-2-5-9-21/h2-18H,1H3. The van der Waals surface area contributed by atoms with E-state index in [4.69, 9.17) is 13.7 Å². The lowest BCUT2D eigenvalue weighted by Gasteiger charge is -2.13. The van der Waals surface area contributed by atoms with Gasteiger partial charge in [0.05, 0.1) is 16.4 Å². The molecule has 0 radical (unpaired) electrons. The van der Waals surface area contributed by atoms with Gasteiger partial charge in [0, 0.05) is 6.21 Å². The molecule has 0 heterocycles. The highest BCUT2D eigenvalue weighted by Crippen LogP contribution is 2.36. The van der Waals surface area contributed by atoms with Crippen LogP contribution in [0.4, 0.5) is 5.69 Å². The van der Waals surface area contributed by atoms with E-state index in [1.165, 1.54) is 19.2 Å². The Balaban J connectivity index is 1.51.